The molecule has 4 N–H and O–H groups in total. The number of hydrogen-bond donors (Lipinski definition) is 3. The highest BCUT2D eigenvalue weighted by molar-refractivity contribution is 7.46. The van der Waals surface area contributed by atoms with Crippen molar-refractivity contribution in [3.63, 3.8) is 0 Å². The molecule has 0 saturated carbocycles. The summed E-state index contributed by atoms with van der Waals surface area (Å²) >= 11 is 0.873. The number of aromatic nitrogens is 2. The molecule has 39 heavy (non-hydrogen) atoms. The van der Waals surface area contributed by atoms with Gasteiger partial charge >= 0.3 is 14.0 Å². The van der Waals surface area contributed by atoms with E-state index in [1.807, 2.05) is 30.3 Å². The van der Waals surface area contributed by atoms with Gasteiger partial charge in [-0.25, -0.2) is 4.57 Å². The molecule has 4 rings (SSSR count). The number of ether oxygens (including phenoxy) is 2. The molecule has 4 aromatic rings. The summed E-state index contributed by atoms with van der Waals surface area (Å²) in [6.45, 7) is 1.10. The van der Waals surface area contributed by atoms with E-state index in [-0.39, 0.29) is 27.9 Å². The first-order chi connectivity index (χ1) is 18.3. The fourth-order valence-corrected chi connectivity index (χ4v) is 4.64. The maximum absolute atomic E-state index is 14.0. The standard InChI is InChI=1S/C25H23F3N3O6PS/c1-24(29,15-36-38(32,33)34)23-31-30-22(39-23)17-10-11-21(20(12-17)25(26,27)28)37-19-9-5-8-18(13-19)35-14-16-6-3-2-4-7-16/h2-13H,14-15,29H2,1H3,(H2,32,33,34)/t24-/m0/s1. The highest BCUT2D eigenvalue weighted by Crippen LogP contribution is 2.42. The molecule has 14 heteroatoms. The minimum atomic E-state index is -4.79. The molecule has 0 aliphatic heterocycles. The predicted octanol–water partition coefficient (Wildman–Crippen LogP) is 5.88. The molecule has 0 aliphatic rings. The summed E-state index contributed by atoms with van der Waals surface area (Å²) in [5, 5.41) is 8.02. The van der Waals surface area contributed by atoms with Crippen LogP contribution in [0.15, 0.2) is 72.8 Å². The zero-order valence-corrected chi connectivity index (χ0v) is 22.0. The lowest BCUT2D eigenvalue weighted by Gasteiger charge is -2.21. The van der Waals surface area contributed by atoms with E-state index < -0.39 is 37.5 Å². The predicted molar refractivity (Wildman–Crippen MR) is 137 cm³/mol. The Morgan fingerprint density at radius 2 is 1.69 bits per heavy atom. The SMILES string of the molecule is C[C@](N)(COP(=O)(O)O)c1nnc(-c2ccc(Oc3cccc(OCc4ccccc4)c3)c(C(F)(F)F)c2)s1. The molecule has 0 amide bonds. The molecule has 9 nitrogen and oxygen atoms in total. The molecule has 0 spiro atoms. The van der Waals surface area contributed by atoms with Gasteiger partial charge in [-0.2, -0.15) is 13.2 Å². The zero-order valence-electron chi connectivity index (χ0n) is 20.3. The van der Waals surface area contributed by atoms with Crippen molar-refractivity contribution in [1.82, 2.24) is 10.2 Å². The summed E-state index contributed by atoms with van der Waals surface area (Å²) in [7, 11) is -4.79. The van der Waals surface area contributed by atoms with Gasteiger partial charge in [0.2, 0.25) is 0 Å². The minimum absolute atomic E-state index is 0.102. The maximum Gasteiger partial charge on any atom is 0.469 e. The minimum Gasteiger partial charge on any atom is -0.489 e. The van der Waals surface area contributed by atoms with Gasteiger partial charge < -0.3 is 25.0 Å². The van der Waals surface area contributed by atoms with Gasteiger partial charge in [0.1, 0.15) is 33.9 Å². The summed E-state index contributed by atoms with van der Waals surface area (Å²) in [5.74, 6) is 0.159. The van der Waals surface area contributed by atoms with E-state index in [0.717, 1.165) is 23.0 Å². The lowest BCUT2D eigenvalue weighted by atomic mass is 10.1. The first-order valence-electron chi connectivity index (χ1n) is 11.3. The maximum atomic E-state index is 14.0. The van der Waals surface area contributed by atoms with Gasteiger partial charge in [0.15, 0.2) is 0 Å². The van der Waals surface area contributed by atoms with E-state index in [4.69, 9.17) is 25.0 Å². The van der Waals surface area contributed by atoms with Gasteiger partial charge in [0.25, 0.3) is 0 Å². The molecule has 206 valence electrons. The zero-order chi connectivity index (χ0) is 28.3. The Morgan fingerprint density at radius 1 is 0.974 bits per heavy atom. The largest absolute Gasteiger partial charge is 0.489 e. The molecule has 0 saturated heterocycles. The third-order valence-electron chi connectivity index (χ3n) is 5.26. The molecule has 0 unspecified atom stereocenters. The van der Waals surface area contributed by atoms with Gasteiger partial charge in [-0.15, -0.1) is 10.2 Å². The summed E-state index contributed by atoms with van der Waals surface area (Å²) in [6.07, 6.45) is -4.75. The van der Waals surface area contributed by atoms with Crippen LogP contribution in [0.5, 0.6) is 17.2 Å². The second-order valence-corrected chi connectivity index (χ2v) is 10.9. The van der Waals surface area contributed by atoms with Crippen molar-refractivity contribution in [2.24, 2.45) is 5.73 Å². The van der Waals surface area contributed by atoms with Gasteiger partial charge in [-0.1, -0.05) is 47.7 Å². The number of benzene rings is 3. The van der Waals surface area contributed by atoms with Gasteiger partial charge in [-0.3, -0.25) is 4.52 Å². The van der Waals surface area contributed by atoms with Crippen LogP contribution in [0.2, 0.25) is 0 Å². The third kappa shape index (κ3) is 7.85. The molecule has 0 radical (unpaired) electrons. The number of alkyl halides is 3. The van der Waals surface area contributed by atoms with Crippen LogP contribution in [0.25, 0.3) is 10.6 Å². The van der Waals surface area contributed by atoms with Crippen LogP contribution < -0.4 is 15.2 Å². The summed E-state index contributed by atoms with van der Waals surface area (Å²) < 4.78 is 68.8. The van der Waals surface area contributed by atoms with Crippen molar-refractivity contribution in [2.75, 3.05) is 6.61 Å². The van der Waals surface area contributed by atoms with Crippen LogP contribution in [0.3, 0.4) is 0 Å². The fourth-order valence-electron chi connectivity index (χ4n) is 3.32. The Bertz CT molecular complexity index is 1480. The van der Waals surface area contributed by atoms with Crippen LogP contribution >= 0.6 is 19.2 Å². The van der Waals surface area contributed by atoms with Crippen LogP contribution in [-0.2, 0) is 27.4 Å². The highest BCUT2D eigenvalue weighted by Gasteiger charge is 2.36. The molecule has 0 fully saturated rings. The van der Waals surface area contributed by atoms with Crippen LogP contribution in [0.1, 0.15) is 23.1 Å². The van der Waals surface area contributed by atoms with Crippen molar-refractivity contribution >= 4 is 19.2 Å². The number of halogens is 3. The Labute approximate surface area is 225 Å². The molecule has 0 aliphatic carbocycles. The number of nitrogens with two attached hydrogens (primary N) is 1. The molecule has 1 atom stereocenters. The Balaban J connectivity index is 1.55. The van der Waals surface area contributed by atoms with Crippen molar-refractivity contribution in [3.8, 4) is 27.8 Å². The molecule has 3 aromatic carbocycles. The third-order valence-corrected chi connectivity index (χ3v) is 6.98. The lowest BCUT2D eigenvalue weighted by Crippen LogP contribution is -2.37. The van der Waals surface area contributed by atoms with E-state index in [1.165, 1.54) is 31.2 Å². The van der Waals surface area contributed by atoms with Crippen LogP contribution in [0.4, 0.5) is 13.2 Å². The number of rotatable bonds is 10. The Morgan fingerprint density at radius 3 is 2.38 bits per heavy atom. The van der Waals surface area contributed by atoms with Crippen molar-refractivity contribution in [2.45, 2.75) is 25.2 Å². The number of hydrogen-bond acceptors (Lipinski definition) is 8. The summed E-state index contributed by atoms with van der Waals surface area (Å²) in [6, 6.07) is 19.2. The molecule has 1 heterocycles. The van der Waals surface area contributed by atoms with E-state index in [1.54, 1.807) is 12.1 Å². The van der Waals surface area contributed by atoms with E-state index in [2.05, 4.69) is 14.7 Å². The van der Waals surface area contributed by atoms with Gasteiger partial charge in [-0.05, 0) is 42.8 Å². The van der Waals surface area contributed by atoms with E-state index >= 15 is 0 Å². The molecular weight excluding hydrogens is 558 g/mol. The lowest BCUT2D eigenvalue weighted by molar-refractivity contribution is -0.138. The molecule has 1 aromatic heterocycles. The summed E-state index contributed by atoms with van der Waals surface area (Å²) in [5.41, 5.74) is 4.60. The molecular formula is C25H23F3N3O6PS. The van der Waals surface area contributed by atoms with Crippen molar-refractivity contribution < 1.29 is 41.5 Å². The van der Waals surface area contributed by atoms with Gasteiger partial charge in [0.05, 0.1) is 17.7 Å². The number of phosphoric acid groups is 1. The monoisotopic (exact) mass is 581 g/mol. The second kappa shape index (κ2) is 11.4. The van der Waals surface area contributed by atoms with E-state index in [0.29, 0.717) is 5.75 Å². The van der Waals surface area contributed by atoms with Crippen LogP contribution in [-0.4, -0.2) is 26.6 Å². The first kappa shape index (κ1) is 28.7. The normalized spacial score (nSPS) is 13.6. The molecule has 0 bridgehead atoms. The van der Waals surface area contributed by atoms with Crippen LogP contribution in [0, 0.1) is 0 Å². The van der Waals surface area contributed by atoms with Gasteiger partial charge in [0, 0.05) is 11.6 Å². The Hall–Kier alpha value is -3.32. The average Bonchev–Trinajstić information content (AvgIpc) is 3.38. The average molecular weight is 582 g/mol. The second-order valence-electron chi connectivity index (χ2n) is 8.65. The fraction of sp³-hybridized carbons (Fsp3) is 0.200. The smallest absolute Gasteiger partial charge is 0.469 e. The first-order valence-corrected chi connectivity index (χ1v) is 13.6. The summed E-state index contributed by atoms with van der Waals surface area (Å²) in [4.78, 5) is 17.8. The topological polar surface area (TPSA) is 137 Å². The number of phosphoric ester groups is 1. The Kier molecular flexibility index (Phi) is 8.40. The highest BCUT2D eigenvalue weighted by atomic mass is 32.1. The van der Waals surface area contributed by atoms with E-state index in [9.17, 15) is 17.7 Å². The van der Waals surface area contributed by atoms with Crippen molar-refractivity contribution in [3.05, 3.63) is 88.9 Å². The quantitative estimate of drug-likeness (QED) is 0.196. The number of nitrogens with zero attached hydrogens (tertiary/aromatic N) is 2. The van der Waals surface area contributed by atoms with Crippen molar-refractivity contribution in [1.29, 1.82) is 0 Å².